The first-order valence-electron chi connectivity index (χ1n) is 9.92. The number of carbonyl (C=O) groups is 1. The Morgan fingerprint density at radius 1 is 1.23 bits per heavy atom. The van der Waals surface area contributed by atoms with Crippen molar-refractivity contribution in [2.75, 3.05) is 7.05 Å². The van der Waals surface area contributed by atoms with Gasteiger partial charge in [0.05, 0.1) is 12.1 Å². The van der Waals surface area contributed by atoms with Crippen LogP contribution in [0.2, 0.25) is 0 Å². The number of nitrogens with one attached hydrogen (secondary N) is 1. The van der Waals surface area contributed by atoms with Crippen LogP contribution in [0.3, 0.4) is 0 Å². The summed E-state index contributed by atoms with van der Waals surface area (Å²) in [7, 11) is 3.45. The fraction of sp³-hybridized carbons (Fsp3) is 0.348. The quantitative estimate of drug-likeness (QED) is 0.608. The highest BCUT2D eigenvalue weighted by Crippen LogP contribution is 2.49. The zero-order valence-electron chi connectivity index (χ0n) is 17.8. The molecule has 8 heteroatoms. The van der Waals surface area contributed by atoms with Gasteiger partial charge < -0.3 is 4.90 Å². The molecule has 0 spiro atoms. The summed E-state index contributed by atoms with van der Waals surface area (Å²) in [5.41, 5.74) is 1.91. The number of thiophene rings is 1. The Bertz CT molecular complexity index is 1150. The molecule has 0 radical (unpaired) electrons. The highest BCUT2D eigenvalue weighted by atomic mass is 32.1. The van der Waals surface area contributed by atoms with Crippen LogP contribution in [0.4, 0.5) is 8.78 Å². The van der Waals surface area contributed by atoms with E-state index in [1.807, 2.05) is 25.5 Å². The van der Waals surface area contributed by atoms with E-state index in [9.17, 15) is 13.6 Å². The molecule has 1 aromatic carbocycles. The minimum Gasteiger partial charge on any atom is -0.303 e. The number of rotatable bonds is 4. The number of nitrogens with zero attached hydrogens (tertiary/aromatic N) is 3. The maximum absolute atomic E-state index is 13.7. The van der Waals surface area contributed by atoms with Crippen molar-refractivity contribution in [1.82, 2.24) is 14.7 Å². The zero-order valence-corrected chi connectivity index (χ0v) is 18.6. The van der Waals surface area contributed by atoms with Crippen LogP contribution in [-0.2, 0) is 23.2 Å². The van der Waals surface area contributed by atoms with Crippen LogP contribution in [0, 0.1) is 5.41 Å². The van der Waals surface area contributed by atoms with Crippen molar-refractivity contribution in [1.29, 1.82) is 5.41 Å². The SMILES string of the molecule is CN1C(=N)C[C@](C)(c2cc(-c3cnn(C)c3)cs2)C(c2ccc(C(C)(F)F)cc2)C1=O. The molecule has 2 aromatic heterocycles. The van der Waals surface area contributed by atoms with Crippen LogP contribution in [0.25, 0.3) is 11.1 Å². The van der Waals surface area contributed by atoms with Crippen LogP contribution in [0.1, 0.15) is 42.2 Å². The third-order valence-corrected chi connectivity index (χ3v) is 7.32. The lowest BCUT2D eigenvalue weighted by Crippen LogP contribution is -2.51. The molecular formula is C23H24F2N4OS. The van der Waals surface area contributed by atoms with E-state index in [0.29, 0.717) is 12.0 Å². The van der Waals surface area contributed by atoms with Crippen molar-refractivity contribution in [3.05, 3.63) is 64.1 Å². The van der Waals surface area contributed by atoms with Crippen molar-refractivity contribution in [2.45, 2.75) is 37.5 Å². The summed E-state index contributed by atoms with van der Waals surface area (Å²) in [6.07, 6.45) is 4.09. The van der Waals surface area contributed by atoms with E-state index in [1.165, 1.54) is 17.0 Å². The number of hydrogen-bond acceptors (Lipinski definition) is 4. The Labute approximate surface area is 183 Å². The fourth-order valence-corrected chi connectivity index (χ4v) is 5.35. The molecule has 1 N–H and O–H groups in total. The molecule has 0 bridgehead atoms. The highest BCUT2D eigenvalue weighted by Gasteiger charge is 2.49. The van der Waals surface area contributed by atoms with Crippen molar-refractivity contribution in [3.63, 3.8) is 0 Å². The number of alkyl halides is 2. The molecule has 1 fully saturated rings. The molecule has 0 saturated carbocycles. The van der Waals surface area contributed by atoms with Gasteiger partial charge in [0.2, 0.25) is 5.91 Å². The number of halogens is 2. The number of aryl methyl sites for hydroxylation is 1. The smallest absolute Gasteiger partial charge is 0.270 e. The highest BCUT2D eigenvalue weighted by molar-refractivity contribution is 7.10. The normalized spacial score (nSPS) is 22.3. The second kappa shape index (κ2) is 7.37. The number of amidine groups is 1. The van der Waals surface area contributed by atoms with Crippen LogP contribution < -0.4 is 0 Å². The van der Waals surface area contributed by atoms with Crippen molar-refractivity contribution in [3.8, 4) is 11.1 Å². The van der Waals surface area contributed by atoms with Crippen molar-refractivity contribution >= 4 is 23.1 Å². The van der Waals surface area contributed by atoms with E-state index in [1.54, 1.807) is 41.4 Å². The monoisotopic (exact) mass is 442 g/mol. The molecule has 3 aromatic rings. The number of hydrogen-bond donors (Lipinski definition) is 1. The molecule has 1 aliphatic rings. The van der Waals surface area contributed by atoms with Crippen LogP contribution in [0.5, 0.6) is 0 Å². The topological polar surface area (TPSA) is 62.0 Å². The minimum absolute atomic E-state index is 0.0858. The summed E-state index contributed by atoms with van der Waals surface area (Å²) >= 11 is 1.55. The Morgan fingerprint density at radius 2 is 1.90 bits per heavy atom. The molecule has 1 amide bonds. The predicted molar refractivity (Wildman–Crippen MR) is 118 cm³/mol. The summed E-state index contributed by atoms with van der Waals surface area (Å²) in [5.74, 6) is -3.47. The second-order valence-electron chi connectivity index (χ2n) is 8.48. The molecule has 5 nitrogen and oxygen atoms in total. The third kappa shape index (κ3) is 3.69. The molecule has 2 atom stereocenters. The van der Waals surface area contributed by atoms with E-state index in [2.05, 4.69) is 11.2 Å². The molecule has 1 aliphatic heterocycles. The number of piperidine rings is 1. The van der Waals surface area contributed by atoms with Crippen molar-refractivity contribution < 1.29 is 13.6 Å². The lowest BCUT2D eigenvalue weighted by Gasteiger charge is -2.44. The first-order chi connectivity index (χ1) is 14.5. The van der Waals surface area contributed by atoms with Gasteiger partial charge in [-0.2, -0.15) is 5.10 Å². The molecule has 162 valence electrons. The summed E-state index contributed by atoms with van der Waals surface area (Å²) in [6, 6.07) is 8.06. The van der Waals surface area contributed by atoms with Crippen molar-refractivity contribution in [2.24, 2.45) is 7.05 Å². The third-order valence-electron chi connectivity index (χ3n) is 6.11. The first kappa shape index (κ1) is 21.4. The number of likely N-dealkylation sites (N-methyl/N-ethyl adjacent to an activating group) is 1. The van der Waals surface area contributed by atoms with Gasteiger partial charge in [0, 0.05) is 55.1 Å². The maximum Gasteiger partial charge on any atom is 0.270 e. The zero-order chi connectivity index (χ0) is 22.6. The maximum atomic E-state index is 13.7. The largest absolute Gasteiger partial charge is 0.303 e. The summed E-state index contributed by atoms with van der Waals surface area (Å²) in [6.45, 7) is 2.84. The molecule has 31 heavy (non-hydrogen) atoms. The van der Waals surface area contributed by atoms with E-state index >= 15 is 0 Å². The van der Waals surface area contributed by atoms with Gasteiger partial charge in [-0.05, 0) is 22.6 Å². The van der Waals surface area contributed by atoms with Crippen LogP contribution in [0.15, 0.2) is 48.1 Å². The average molecular weight is 443 g/mol. The van der Waals surface area contributed by atoms with Gasteiger partial charge in [0.1, 0.15) is 5.84 Å². The summed E-state index contributed by atoms with van der Waals surface area (Å²) in [4.78, 5) is 15.7. The van der Waals surface area contributed by atoms with Gasteiger partial charge in [-0.15, -0.1) is 11.3 Å². The molecular weight excluding hydrogens is 418 g/mol. The summed E-state index contributed by atoms with van der Waals surface area (Å²) in [5, 5.41) is 14.6. The molecule has 1 unspecified atom stereocenters. The minimum atomic E-state index is -2.94. The number of aromatic nitrogens is 2. The number of amides is 1. The Morgan fingerprint density at radius 3 is 2.48 bits per heavy atom. The molecule has 3 heterocycles. The Hall–Kier alpha value is -2.87. The lowest BCUT2D eigenvalue weighted by atomic mass is 9.67. The average Bonchev–Trinajstić information content (AvgIpc) is 3.35. The fourth-order valence-electron chi connectivity index (χ4n) is 4.23. The van der Waals surface area contributed by atoms with Gasteiger partial charge in [0.15, 0.2) is 0 Å². The van der Waals surface area contributed by atoms with Crippen LogP contribution >= 0.6 is 11.3 Å². The van der Waals surface area contributed by atoms with E-state index < -0.39 is 17.3 Å². The van der Waals surface area contributed by atoms with E-state index in [-0.39, 0.29) is 17.3 Å². The van der Waals surface area contributed by atoms with Gasteiger partial charge in [-0.1, -0.05) is 31.2 Å². The van der Waals surface area contributed by atoms with Gasteiger partial charge in [0.25, 0.3) is 5.92 Å². The standard InChI is InChI=1S/C23H24F2N4OS/c1-22(18-9-15(13-31-18)16-11-27-28(3)12-16)10-19(26)29(4)21(30)20(22)14-5-7-17(8-6-14)23(2,24)25/h5-9,11-13,20,26H,10H2,1-4H3/t20?,22-/m1/s1. The van der Waals surface area contributed by atoms with Crippen LogP contribution in [-0.4, -0.2) is 33.5 Å². The lowest BCUT2D eigenvalue weighted by molar-refractivity contribution is -0.131. The molecule has 4 rings (SSSR count). The second-order valence-corrected chi connectivity index (χ2v) is 9.40. The number of benzene rings is 1. The summed E-state index contributed by atoms with van der Waals surface area (Å²) < 4.78 is 29.1. The van der Waals surface area contributed by atoms with E-state index in [4.69, 9.17) is 5.41 Å². The molecule has 0 aliphatic carbocycles. The van der Waals surface area contributed by atoms with Gasteiger partial charge in [-0.3, -0.25) is 14.9 Å². The predicted octanol–water partition coefficient (Wildman–Crippen LogP) is 5.14. The molecule has 1 saturated heterocycles. The first-order valence-corrected chi connectivity index (χ1v) is 10.8. The number of carbonyl (C=O) groups excluding carboxylic acids is 1. The van der Waals surface area contributed by atoms with Gasteiger partial charge in [-0.25, -0.2) is 8.78 Å². The Kier molecular flexibility index (Phi) is 5.08. The van der Waals surface area contributed by atoms with Gasteiger partial charge >= 0.3 is 0 Å². The Balaban J connectivity index is 1.78. The van der Waals surface area contributed by atoms with E-state index in [0.717, 1.165) is 22.9 Å². The number of likely N-dealkylation sites (tertiary alicyclic amines) is 1.